The molecule has 8 heteroatoms. The van der Waals surface area contributed by atoms with Crippen LogP contribution in [0.25, 0.3) is 11.5 Å². The Morgan fingerprint density at radius 1 is 1.45 bits per heavy atom. The van der Waals surface area contributed by atoms with E-state index in [1.165, 1.54) is 10.6 Å². The van der Waals surface area contributed by atoms with Crippen LogP contribution in [0, 0.1) is 0 Å². The number of hydrogen-bond acceptors (Lipinski definition) is 6. The lowest BCUT2D eigenvalue weighted by Gasteiger charge is -2.28. The van der Waals surface area contributed by atoms with Gasteiger partial charge in [-0.05, 0) is 24.3 Å². The summed E-state index contributed by atoms with van der Waals surface area (Å²) >= 11 is 1.57. The van der Waals surface area contributed by atoms with Gasteiger partial charge >= 0.3 is 0 Å². The normalized spacial score (nSPS) is 21.1. The molecule has 0 radical (unpaired) electrons. The van der Waals surface area contributed by atoms with Crippen LogP contribution in [0.15, 0.2) is 21.2 Å². The van der Waals surface area contributed by atoms with Crippen molar-refractivity contribution in [2.75, 3.05) is 19.3 Å². The van der Waals surface area contributed by atoms with Crippen LogP contribution in [0.5, 0.6) is 0 Å². The first-order valence-electron chi connectivity index (χ1n) is 6.35. The van der Waals surface area contributed by atoms with Crippen LogP contribution in [0.1, 0.15) is 24.7 Å². The second-order valence-corrected chi connectivity index (χ2v) is 7.68. The molecule has 6 nitrogen and oxygen atoms in total. The monoisotopic (exact) mass is 313 g/mol. The molecule has 0 N–H and O–H groups in total. The van der Waals surface area contributed by atoms with E-state index in [0.29, 0.717) is 24.9 Å². The van der Waals surface area contributed by atoms with E-state index in [-0.39, 0.29) is 5.92 Å². The summed E-state index contributed by atoms with van der Waals surface area (Å²) in [4.78, 5) is 0. The van der Waals surface area contributed by atoms with E-state index >= 15 is 0 Å². The quantitative estimate of drug-likeness (QED) is 0.865. The minimum Gasteiger partial charge on any atom is -0.420 e. The summed E-state index contributed by atoms with van der Waals surface area (Å²) in [5.41, 5.74) is 0.907. The second kappa shape index (κ2) is 5.27. The number of hydrogen-bond donors (Lipinski definition) is 0. The van der Waals surface area contributed by atoms with Gasteiger partial charge in [-0.1, -0.05) is 0 Å². The minimum absolute atomic E-state index is 0.0154. The van der Waals surface area contributed by atoms with Gasteiger partial charge in [-0.25, -0.2) is 12.7 Å². The first kappa shape index (κ1) is 13.7. The van der Waals surface area contributed by atoms with Crippen LogP contribution >= 0.6 is 11.3 Å². The molecular formula is C12H15N3O3S2. The van der Waals surface area contributed by atoms with Gasteiger partial charge < -0.3 is 4.42 Å². The van der Waals surface area contributed by atoms with E-state index in [0.717, 1.165) is 18.4 Å². The zero-order valence-electron chi connectivity index (χ0n) is 11.0. The maximum absolute atomic E-state index is 11.6. The summed E-state index contributed by atoms with van der Waals surface area (Å²) < 4.78 is 30.4. The van der Waals surface area contributed by atoms with Gasteiger partial charge in [0.15, 0.2) is 0 Å². The minimum atomic E-state index is -3.16. The molecule has 2 aromatic rings. The number of thiophene rings is 1. The fourth-order valence-electron chi connectivity index (χ4n) is 2.35. The molecule has 1 saturated heterocycles. The van der Waals surface area contributed by atoms with E-state index in [9.17, 15) is 8.42 Å². The van der Waals surface area contributed by atoms with Gasteiger partial charge in [0.25, 0.3) is 0 Å². The molecule has 3 rings (SSSR count). The highest BCUT2D eigenvalue weighted by Crippen LogP contribution is 2.29. The summed E-state index contributed by atoms with van der Waals surface area (Å²) in [7, 11) is -3.16. The Bertz CT molecular complexity index is 679. The molecule has 3 heterocycles. The Balaban J connectivity index is 1.79. The topological polar surface area (TPSA) is 76.3 Å². The van der Waals surface area contributed by atoms with Crippen molar-refractivity contribution in [3.8, 4) is 11.5 Å². The van der Waals surface area contributed by atoms with Gasteiger partial charge in [0.2, 0.25) is 21.8 Å². The average Bonchev–Trinajstić information content (AvgIpc) is 3.09. The van der Waals surface area contributed by atoms with Crippen molar-refractivity contribution in [1.82, 2.24) is 14.5 Å². The van der Waals surface area contributed by atoms with Gasteiger partial charge in [0.05, 0.1) is 12.2 Å². The molecule has 1 atom stereocenters. The van der Waals surface area contributed by atoms with Crippen LogP contribution in [-0.2, 0) is 10.0 Å². The van der Waals surface area contributed by atoms with Crippen LogP contribution in [-0.4, -0.2) is 42.3 Å². The van der Waals surface area contributed by atoms with Crippen molar-refractivity contribution >= 4 is 21.4 Å². The molecule has 0 bridgehead atoms. The van der Waals surface area contributed by atoms with Gasteiger partial charge in [0.1, 0.15) is 0 Å². The molecule has 0 spiro atoms. The Morgan fingerprint density at radius 3 is 3.00 bits per heavy atom. The highest BCUT2D eigenvalue weighted by Gasteiger charge is 2.30. The van der Waals surface area contributed by atoms with E-state index in [1.807, 2.05) is 16.8 Å². The van der Waals surface area contributed by atoms with E-state index in [1.54, 1.807) is 11.3 Å². The molecule has 0 aliphatic carbocycles. The lowest BCUT2D eigenvalue weighted by Crippen LogP contribution is -2.38. The van der Waals surface area contributed by atoms with Crippen molar-refractivity contribution < 1.29 is 12.8 Å². The predicted molar refractivity (Wildman–Crippen MR) is 76.0 cm³/mol. The summed E-state index contributed by atoms with van der Waals surface area (Å²) in [6.07, 6.45) is 2.92. The van der Waals surface area contributed by atoms with Crippen molar-refractivity contribution in [2.24, 2.45) is 0 Å². The van der Waals surface area contributed by atoms with Crippen molar-refractivity contribution in [1.29, 1.82) is 0 Å². The fourth-order valence-corrected chi connectivity index (χ4v) is 3.89. The van der Waals surface area contributed by atoms with Gasteiger partial charge in [-0.15, -0.1) is 10.2 Å². The smallest absolute Gasteiger partial charge is 0.248 e. The number of aromatic nitrogens is 2. The molecule has 1 aliphatic heterocycles. The first-order valence-corrected chi connectivity index (χ1v) is 9.14. The maximum Gasteiger partial charge on any atom is 0.248 e. The Labute approximate surface area is 121 Å². The van der Waals surface area contributed by atoms with E-state index in [4.69, 9.17) is 4.42 Å². The largest absolute Gasteiger partial charge is 0.420 e. The maximum atomic E-state index is 11.6. The number of nitrogens with zero attached hydrogens (tertiary/aromatic N) is 3. The van der Waals surface area contributed by atoms with Crippen molar-refractivity contribution in [2.45, 2.75) is 18.8 Å². The molecular weight excluding hydrogens is 298 g/mol. The zero-order valence-corrected chi connectivity index (χ0v) is 12.7. The van der Waals surface area contributed by atoms with Crippen molar-refractivity contribution in [3.63, 3.8) is 0 Å². The summed E-state index contributed by atoms with van der Waals surface area (Å²) in [5.74, 6) is 1.01. The van der Waals surface area contributed by atoms with E-state index < -0.39 is 10.0 Å². The van der Waals surface area contributed by atoms with Crippen LogP contribution < -0.4 is 0 Å². The van der Waals surface area contributed by atoms with Gasteiger partial charge in [0, 0.05) is 24.0 Å². The third kappa shape index (κ3) is 2.77. The van der Waals surface area contributed by atoms with Gasteiger partial charge in [-0.2, -0.15) is 11.3 Å². The standard InChI is InChI=1S/C12H15N3O3S2/c1-20(16,17)15-5-2-3-9(7-15)11-13-14-12(18-11)10-4-6-19-8-10/h4,6,8-9H,2-3,5,7H2,1H3/t9-/m0/s1. The zero-order chi connectivity index (χ0) is 14.2. The highest BCUT2D eigenvalue weighted by atomic mass is 32.2. The lowest BCUT2D eigenvalue weighted by molar-refractivity contribution is 0.287. The van der Waals surface area contributed by atoms with E-state index in [2.05, 4.69) is 10.2 Å². The molecule has 0 unspecified atom stereocenters. The van der Waals surface area contributed by atoms with Crippen molar-refractivity contribution in [3.05, 3.63) is 22.7 Å². The summed E-state index contributed by atoms with van der Waals surface area (Å²) in [5, 5.41) is 12.0. The molecule has 1 aliphatic rings. The van der Waals surface area contributed by atoms with Crippen LogP contribution in [0.3, 0.4) is 0 Å². The first-order chi connectivity index (χ1) is 9.54. The Hall–Kier alpha value is -1.25. The second-order valence-electron chi connectivity index (χ2n) is 4.92. The number of sulfonamides is 1. The molecule has 0 saturated carbocycles. The van der Waals surface area contributed by atoms with Crippen LogP contribution in [0.4, 0.5) is 0 Å². The van der Waals surface area contributed by atoms with Crippen LogP contribution in [0.2, 0.25) is 0 Å². The lowest BCUT2D eigenvalue weighted by atomic mass is 10.00. The molecule has 1 fully saturated rings. The number of piperidine rings is 1. The average molecular weight is 313 g/mol. The predicted octanol–water partition coefficient (Wildman–Crippen LogP) is 1.94. The highest BCUT2D eigenvalue weighted by molar-refractivity contribution is 7.88. The third-order valence-corrected chi connectivity index (χ3v) is 5.36. The summed E-state index contributed by atoms with van der Waals surface area (Å²) in [6, 6.07) is 1.92. The molecule has 0 amide bonds. The fraction of sp³-hybridized carbons (Fsp3) is 0.500. The number of rotatable bonds is 3. The SMILES string of the molecule is CS(=O)(=O)N1CCC[C@H](c2nnc(-c3ccsc3)o2)C1. The molecule has 20 heavy (non-hydrogen) atoms. The summed E-state index contributed by atoms with van der Waals surface area (Å²) in [6.45, 7) is 0.991. The molecule has 108 valence electrons. The third-order valence-electron chi connectivity index (χ3n) is 3.41. The van der Waals surface area contributed by atoms with Gasteiger partial charge in [-0.3, -0.25) is 0 Å². The Kier molecular flexibility index (Phi) is 3.61. The molecule has 2 aromatic heterocycles. The molecule has 0 aromatic carbocycles. The Morgan fingerprint density at radius 2 is 2.30 bits per heavy atom.